The minimum atomic E-state index is -0.403. The van der Waals surface area contributed by atoms with Gasteiger partial charge < -0.3 is 4.74 Å². The number of hydrogen-bond donors (Lipinski definition) is 0. The number of nitrogens with zero attached hydrogens (tertiary/aromatic N) is 5. The molecular formula is C21H17ClFN5O2. The third kappa shape index (κ3) is 3.99. The lowest BCUT2D eigenvalue weighted by molar-refractivity contribution is -0.142. The molecular weight excluding hydrogens is 409 g/mol. The number of hydrogen-bond acceptors (Lipinski definition) is 6. The zero-order valence-corrected chi connectivity index (χ0v) is 16.8. The van der Waals surface area contributed by atoms with E-state index in [2.05, 4.69) is 20.1 Å². The Morgan fingerprint density at radius 2 is 2.00 bits per heavy atom. The predicted molar refractivity (Wildman–Crippen MR) is 109 cm³/mol. The summed E-state index contributed by atoms with van der Waals surface area (Å²) in [6.45, 7) is 2.22. The van der Waals surface area contributed by atoms with Gasteiger partial charge in [-0.3, -0.25) is 4.79 Å². The predicted octanol–water partition coefficient (Wildman–Crippen LogP) is 3.83. The smallest absolute Gasteiger partial charge is 0.310 e. The Morgan fingerprint density at radius 3 is 2.77 bits per heavy atom. The fourth-order valence-electron chi connectivity index (χ4n) is 3.06. The fraction of sp³-hybridized carbons (Fsp3) is 0.190. The number of halogens is 2. The van der Waals surface area contributed by atoms with Crippen LogP contribution in [-0.4, -0.2) is 37.3 Å². The fourth-order valence-corrected chi connectivity index (χ4v) is 3.25. The van der Waals surface area contributed by atoms with E-state index in [0.717, 1.165) is 0 Å². The monoisotopic (exact) mass is 425 g/mol. The number of esters is 1. The molecule has 0 unspecified atom stereocenters. The van der Waals surface area contributed by atoms with Crippen LogP contribution in [0.15, 0.2) is 48.8 Å². The largest absolute Gasteiger partial charge is 0.466 e. The van der Waals surface area contributed by atoms with Crippen LogP contribution >= 0.6 is 11.6 Å². The molecule has 0 aliphatic heterocycles. The summed E-state index contributed by atoms with van der Waals surface area (Å²) in [5.41, 5.74) is 2.00. The minimum absolute atomic E-state index is 0.0169. The van der Waals surface area contributed by atoms with E-state index in [9.17, 15) is 9.18 Å². The maximum Gasteiger partial charge on any atom is 0.310 e. The first-order chi connectivity index (χ1) is 14.6. The Morgan fingerprint density at radius 1 is 1.17 bits per heavy atom. The van der Waals surface area contributed by atoms with Crippen molar-refractivity contribution in [1.29, 1.82) is 0 Å². The molecule has 0 bridgehead atoms. The molecule has 4 rings (SSSR count). The second-order valence-electron chi connectivity index (χ2n) is 6.46. The van der Waals surface area contributed by atoms with Gasteiger partial charge in [-0.05, 0) is 25.1 Å². The normalized spacial score (nSPS) is 11.0. The summed E-state index contributed by atoms with van der Waals surface area (Å²) in [6, 6.07) is 10.1. The lowest BCUT2D eigenvalue weighted by Gasteiger charge is -2.05. The van der Waals surface area contributed by atoms with Gasteiger partial charge in [-0.2, -0.15) is 5.10 Å². The first-order valence-electron chi connectivity index (χ1n) is 9.29. The number of benzene rings is 1. The molecule has 1 aromatic carbocycles. The molecule has 0 saturated heterocycles. The van der Waals surface area contributed by atoms with Gasteiger partial charge in [0.25, 0.3) is 0 Å². The van der Waals surface area contributed by atoms with E-state index in [4.69, 9.17) is 16.3 Å². The molecule has 0 N–H and O–H groups in total. The number of carbonyl (C=O) groups is 1. The number of fused-ring (bicyclic) bond motifs is 1. The summed E-state index contributed by atoms with van der Waals surface area (Å²) in [7, 11) is 0. The molecule has 0 saturated carbocycles. The molecule has 7 nitrogen and oxygen atoms in total. The molecule has 0 radical (unpaired) electrons. The van der Waals surface area contributed by atoms with Gasteiger partial charge in [-0.1, -0.05) is 29.8 Å². The highest BCUT2D eigenvalue weighted by Crippen LogP contribution is 2.27. The summed E-state index contributed by atoms with van der Waals surface area (Å²) >= 11 is 6.27. The van der Waals surface area contributed by atoms with Gasteiger partial charge in [0.05, 0.1) is 25.0 Å². The van der Waals surface area contributed by atoms with Crippen LogP contribution < -0.4 is 0 Å². The molecule has 30 heavy (non-hydrogen) atoms. The summed E-state index contributed by atoms with van der Waals surface area (Å²) < 4.78 is 20.7. The summed E-state index contributed by atoms with van der Waals surface area (Å²) in [5, 5.41) is 5.43. The molecule has 3 heterocycles. The van der Waals surface area contributed by atoms with E-state index in [1.165, 1.54) is 12.3 Å². The van der Waals surface area contributed by atoms with Gasteiger partial charge in [0, 0.05) is 23.5 Å². The molecule has 0 aliphatic rings. The Balaban J connectivity index is 1.72. The second kappa shape index (κ2) is 8.54. The van der Waals surface area contributed by atoms with Crippen molar-refractivity contribution in [3.63, 3.8) is 0 Å². The highest BCUT2D eigenvalue weighted by molar-refractivity contribution is 6.30. The Kier molecular flexibility index (Phi) is 5.67. The van der Waals surface area contributed by atoms with E-state index in [-0.39, 0.29) is 36.4 Å². The van der Waals surface area contributed by atoms with Gasteiger partial charge in [-0.15, -0.1) is 0 Å². The first kappa shape index (κ1) is 19.9. The topological polar surface area (TPSA) is 82.8 Å². The Hall–Kier alpha value is -3.39. The van der Waals surface area contributed by atoms with Crippen molar-refractivity contribution in [1.82, 2.24) is 24.7 Å². The first-order valence-corrected chi connectivity index (χ1v) is 9.67. The third-order valence-corrected chi connectivity index (χ3v) is 4.78. The average molecular weight is 426 g/mol. The van der Waals surface area contributed by atoms with E-state index in [0.29, 0.717) is 27.9 Å². The van der Waals surface area contributed by atoms with Crippen LogP contribution in [0.25, 0.3) is 22.6 Å². The lowest BCUT2D eigenvalue weighted by atomic mass is 10.2. The summed E-state index contributed by atoms with van der Waals surface area (Å²) in [6.07, 6.45) is 3.11. The molecule has 4 aromatic rings. The number of aromatic nitrogens is 5. The maximum absolute atomic E-state index is 14.1. The van der Waals surface area contributed by atoms with Gasteiger partial charge in [0.2, 0.25) is 0 Å². The molecule has 0 fully saturated rings. The number of pyridine rings is 1. The third-order valence-electron chi connectivity index (χ3n) is 4.45. The number of ether oxygens (including phenoxy) is 1. The van der Waals surface area contributed by atoms with Crippen molar-refractivity contribution in [3.05, 3.63) is 70.9 Å². The van der Waals surface area contributed by atoms with E-state index < -0.39 is 5.97 Å². The lowest BCUT2D eigenvalue weighted by Crippen LogP contribution is -2.09. The zero-order valence-electron chi connectivity index (χ0n) is 16.0. The van der Waals surface area contributed by atoms with Crippen LogP contribution in [0.2, 0.25) is 5.15 Å². The van der Waals surface area contributed by atoms with E-state index in [1.807, 2.05) is 6.07 Å². The van der Waals surface area contributed by atoms with Crippen LogP contribution in [0.3, 0.4) is 0 Å². The van der Waals surface area contributed by atoms with Crippen molar-refractivity contribution in [3.8, 4) is 11.5 Å². The average Bonchev–Trinajstić information content (AvgIpc) is 3.10. The highest BCUT2D eigenvalue weighted by atomic mass is 35.5. The number of carbonyl (C=O) groups excluding carboxylic acids is 1. The van der Waals surface area contributed by atoms with Crippen LogP contribution in [0.4, 0.5) is 4.39 Å². The van der Waals surface area contributed by atoms with Gasteiger partial charge >= 0.3 is 5.97 Å². The van der Waals surface area contributed by atoms with Crippen molar-refractivity contribution >= 4 is 28.6 Å². The molecule has 0 aliphatic carbocycles. The summed E-state index contributed by atoms with van der Waals surface area (Å²) in [5.74, 6) is -0.432. The molecule has 152 valence electrons. The maximum atomic E-state index is 14.1. The molecule has 9 heteroatoms. The Bertz CT molecular complexity index is 1230. The standard InChI is InChI=1S/C21H17ClFN5O2/c1-2-30-17(29)10-14-11-25-20(26-19(14)22)18-15-7-5-9-24-21(15)28(27-18)12-13-6-3-4-8-16(13)23/h3-9,11H,2,10,12H2,1H3. The van der Waals surface area contributed by atoms with Crippen LogP contribution in [0.5, 0.6) is 0 Å². The SMILES string of the molecule is CCOC(=O)Cc1cnc(-c2nn(Cc3ccccc3F)c3ncccc23)nc1Cl. The zero-order chi connectivity index (χ0) is 21.1. The van der Waals surface area contributed by atoms with Crippen molar-refractivity contribution in [2.24, 2.45) is 0 Å². The van der Waals surface area contributed by atoms with E-state index >= 15 is 0 Å². The van der Waals surface area contributed by atoms with Crippen molar-refractivity contribution in [2.45, 2.75) is 19.9 Å². The van der Waals surface area contributed by atoms with Crippen molar-refractivity contribution in [2.75, 3.05) is 6.61 Å². The second-order valence-corrected chi connectivity index (χ2v) is 6.82. The van der Waals surface area contributed by atoms with Crippen LogP contribution in [0.1, 0.15) is 18.1 Å². The quantitative estimate of drug-likeness (QED) is 0.345. The molecule has 0 atom stereocenters. The van der Waals surface area contributed by atoms with Crippen molar-refractivity contribution < 1.29 is 13.9 Å². The van der Waals surface area contributed by atoms with Gasteiger partial charge in [0.1, 0.15) is 16.7 Å². The molecule has 0 amide bonds. The summed E-state index contributed by atoms with van der Waals surface area (Å²) in [4.78, 5) is 24.7. The van der Waals surface area contributed by atoms with E-state index in [1.54, 1.807) is 42.1 Å². The highest BCUT2D eigenvalue weighted by Gasteiger charge is 2.18. The van der Waals surface area contributed by atoms with Gasteiger partial charge in [0.15, 0.2) is 11.5 Å². The minimum Gasteiger partial charge on any atom is -0.466 e. The molecule has 0 spiro atoms. The number of rotatable bonds is 6. The molecule has 3 aromatic heterocycles. The van der Waals surface area contributed by atoms with Crippen LogP contribution in [0, 0.1) is 5.82 Å². The van der Waals surface area contributed by atoms with Crippen LogP contribution in [-0.2, 0) is 22.5 Å². The van der Waals surface area contributed by atoms with Gasteiger partial charge in [-0.25, -0.2) is 24.0 Å². The Labute approximate surface area is 176 Å².